The van der Waals surface area contributed by atoms with Crippen LogP contribution in [0.5, 0.6) is 0 Å². The highest BCUT2D eigenvalue weighted by molar-refractivity contribution is 5.76. The van der Waals surface area contributed by atoms with Crippen LogP contribution >= 0.6 is 0 Å². The fraction of sp³-hybridized carbons (Fsp3) is 0.750. The molecule has 1 aliphatic heterocycles. The fourth-order valence-corrected chi connectivity index (χ4v) is 1.42. The lowest BCUT2D eigenvalue weighted by Gasteiger charge is -2.28. The molecule has 0 aliphatic carbocycles. The molecule has 13 heavy (non-hydrogen) atoms. The SMILES string of the molecule is CC(=O)N[C@H]1CCOC[C@H]1C(=O)O. The van der Waals surface area contributed by atoms with Crippen molar-refractivity contribution in [2.45, 2.75) is 19.4 Å². The molecule has 0 aromatic carbocycles. The first-order valence-electron chi connectivity index (χ1n) is 4.19. The highest BCUT2D eigenvalue weighted by Crippen LogP contribution is 2.14. The summed E-state index contributed by atoms with van der Waals surface area (Å²) < 4.78 is 5.02. The maximum atomic E-state index is 10.7. The molecular weight excluding hydrogens is 174 g/mol. The number of hydrogen-bond acceptors (Lipinski definition) is 3. The van der Waals surface area contributed by atoms with Crippen molar-refractivity contribution in [2.75, 3.05) is 13.2 Å². The van der Waals surface area contributed by atoms with Gasteiger partial charge in [-0.3, -0.25) is 9.59 Å². The molecule has 0 saturated carbocycles. The first-order chi connectivity index (χ1) is 6.11. The molecule has 0 bridgehead atoms. The van der Waals surface area contributed by atoms with Crippen molar-refractivity contribution in [2.24, 2.45) is 5.92 Å². The summed E-state index contributed by atoms with van der Waals surface area (Å²) in [6.45, 7) is 2.07. The normalized spacial score (nSPS) is 28.1. The highest BCUT2D eigenvalue weighted by Gasteiger charge is 2.31. The molecule has 0 spiro atoms. The van der Waals surface area contributed by atoms with Crippen molar-refractivity contribution in [3.8, 4) is 0 Å². The van der Waals surface area contributed by atoms with Crippen LogP contribution in [0.15, 0.2) is 0 Å². The Morgan fingerprint density at radius 1 is 1.54 bits per heavy atom. The number of carboxylic acid groups (broad SMARTS) is 1. The molecule has 2 N–H and O–H groups in total. The Bertz CT molecular complexity index is 216. The number of rotatable bonds is 2. The van der Waals surface area contributed by atoms with Gasteiger partial charge in [0, 0.05) is 19.6 Å². The zero-order valence-corrected chi connectivity index (χ0v) is 7.45. The van der Waals surface area contributed by atoms with Crippen LogP contribution in [0.1, 0.15) is 13.3 Å². The van der Waals surface area contributed by atoms with E-state index in [-0.39, 0.29) is 18.6 Å². The minimum absolute atomic E-state index is 0.181. The third-order valence-electron chi connectivity index (χ3n) is 2.06. The molecule has 0 unspecified atom stereocenters. The Kier molecular flexibility index (Phi) is 3.25. The standard InChI is InChI=1S/C8H13NO4/c1-5(10)9-7-2-3-13-4-6(7)8(11)12/h6-7H,2-4H2,1H3,(H,9,10)(H,11,12)/t6-,7+/m1/s1. The second kappa shape index (κ2) is 4.23. The number of aliphatic carboxylic acids is 1. The molecule has 0 radical (unpaired) electrons. The van der Waals surface area contributed by atoms with Gasteiger partial charge in [-0.05, 0) is 6.42 Å². The van der Waals surface area contributed by atoms with Crippen molar-refractivity contribution in [1.29, 1.82) is 0 Å². The molecule has 2 atom stereocenters. The number of ether oxygens (including phenoxy) is 1. The number of carbonyl (C=O) groups is 2. The summed E-state index contributed by atoms with van der Waals surface area (Å²) in [5, 5.41) is 11.4. The zero-order valence-electron chi connectivity index (χ0n) is 7.45. The second-order valence-corrected chi connectivity index (χ2v) is 3.12. The van der Waals surface area contributed by atoms with E-state index in [0.717, 1.165) is 0 Å². The lowest BCUT2D eigenvalue weighted by molar-refractivity contribution is -0.148. The van der Waals surface area contributed by atoms with Gasteiger partial charge in [0.15, 0.2) is 0 Å². The third kappa shape index (κ3) is 2.69. The van der Waals surface area contributed by atoms with Gasteiger partial charge in [-0.15, -0.1) is 0 Å². The van der Waals surface area contributed by atoms with Crippen LogP contribution in [0.2, 0.25) is 0 Å². The van der Waals surface area contributed by atoms with E-state index in [9.17, 15) is 9.59 Å². The zero-order chi connectivity index (χ0) is 9.84. The monoisotopic (exact) mass is 187 g/mol. The van der Waals surface area contributed by atoms with Gasteiger partial charge in [0.2, 0.25) is 5.91 Å². The van der Waals surface area contributed by atoms with Gasteiger partial charge in [-0.25, -0.2) is 0 Å². The number of nitrogens with one attached hydrogen (secondary N) is 1. The Morgan fingerprint density at radius 3 is 2.77 bits per heavy atom. The number of amides is 1. The minimum atomic E-state index is -0.918. The van der Waals surface area contributed by atoms with Crippen LogP contribution in [0, 0.1) is 5.92 Å². The Labute approximate surface area is 76.1 Å². The second-order valence-electron chi connectivity index (χ2n) is 3.12. The van der Waals surface area contributed by atoms with E-state index in [1.54, 1.807) is 0 Å². The smallest absolute Gasteiger partial charge is 0.310 e. The van der Waals surface area contributed by atoms with E-state index in [1.165, 1.54) is 6.92 Å². The van der Waals surface area contributed by atoms with E-state index in [2.05, 4.69) is 5.32 Å². The molecule has 1 amide bonds. The van der Waals surface area contributed by atoms with Crippen molar-refractivity contribution >= 4 is 11.9 Å². The molecule has 0 aromatic heterocycles. The van der Waals surface area contributed by atoms with E-state index >= 15 is 0 Å². The first kappa shape index (κ1) is 9.98. The maximum absolute atomic E-state index is 10.7. The van der Waals surface area contributed by atoms with Crippen LogP contribution in [-0.4, -0.2) is 36.2 Å². The van der Waals surface area contributed by atoms with E-state index in [1.807, 2.05) is 0 Å². The van der Waals surface area contributed by atoms with Crippen molar-refractivity contribution < 1.29 is 19.4 Å². The molecule has 1 rings (SSSR count). The molecule has 0 aromatic rings. The van der Waals surface area contributed by atoms with E-state index in [0.29, 0.717) is 13.0 Å². The van der Waals surface area contributed by atoms with Gasteiger partial charge in [0.1, 0.15) is 5.92 Å². The molecule has 5 nitrogen and oxygen atoms in total. The third-order valence-corrected chi connectivity index (χ3v) is 2.06. The van der Waals surface area contributed by atoms with Gasteiger partial charge >= 0.3 is 5.97 Å². The summed E-state index contributed by atoms with van der Waals surface area (Å²) in [5.74, 6) is -1.73. The minimum Gasteiger partial charge on any atom is -0.481 e. The van der Waals surface area contributed by atoms with Crippen LogP contribution in [0.3, 0.4) is 0 Å². The molecular formula is C8H13NO4. The van der Waals surface area contributed by atoms with Crippen LogP contribution in [-0.2, 0) is 14.3 Å². The van der Waals surface area contributed by atoms with E-state index < -0.39 is 11.9 Å². The van der Waals surface area contributed by atoms with Gasteiger partial charge in [-0.2, -0.15) is 0 Å². The van der Waals surface area contributed by atoms with Gasteiger partial charge in [0.25, 0.3) is 0 Å². The lowest BCUT2D eigenvalue weighted by atomic mass is 9.96. The predicted molar refractivity (Wildman–Crippen MR) is 44.2 cm³/mol. The summed E-state index contributed by atoms with van der Waals surface area (Å²) in [4.78, 5) is 21.5. The topological polar surface area (TPSA) is 75.6 Å². The maximum Gasteiger partial charge on any atom is 0.310 e. The quantitative estimate of drug-likeness (QED) is 0.617. The Morgan fingerprint density at radius 2 is 2.23 bits per heavy atom. The number of carboxylic acids is 1. The summed E-state index contributed by atoms with van der Waals surface area (Å²) in [6, 6.07) is -0.288. The summed E-state index contributed by atoms with van der Waals surface area (Å²) >= 11 is 0. The lowest BCUT2D eigenvalue weighted by Crippen LogP contribution is -2.47. The van der Waals surface area contributed by atoms with E-state index in [4.69, 9.17) is 9.84 Å². The van der Waals surface area contributed by atoms with Gasteiger partial charge in [0.05, 0.1) is 6.61 Å². The van der Waals surface area contributed by atoms with Crippen molar-refractivity contribution in [3.05, 3.63) is 0 Å². The largest absolute Gasteiger partial charge is 0.481 e. The Balaban J connectivity index is 2.56. The van der Waals surface area contributed by atoms with Crippen molar-refractivity contribution in [1.82, 2.24) is 5.32 Å². The predicted octanol–water partition coefficient (Wildman–Crippen LogP) is -0.388. The molecule has 5 heteroatoms. The van der Waals surface area contributed by atoms with Crippen LogP contribution in [0.4, 0.5) is 0 Å². The average molecular weight is 187 g/mol. The number of carbonyl (C=O) groups excluding carboxylic acids is 1. The average Bonchev–Trinajstić information content (AvgIpc) is 2.03. The molecule has 1 aliphatic rings. The Hall–Kier alpha value is -1.10. The summed E-state index contributed by atoms with van der Waals surface area (Å²) in [7, 11) is 0. The van der Waals surface area contributed by atoms with Crippen LogP contribution < -0.4 is 5.32 Å². The van der Waals surface area contributed by atoms with Gasteiger partial charge < -0.3 is 15.2 Å². The number of hydrogen-bond donors (Lipinski definition) is 2. The highest BCUT2D eigenvalue weighted by atomic mass is 16.5. The molecule has 1 heterocycles. The van der Waals surface area contributed by atoms with Crippen molar-refractivity contribution in [3.63, 3.8) is 0 Å². The van der Waals surface area contributed by atoms with Crippen LogP contribution in [0.25, 0.3) is 0 Å². The molecule has 1 saturated heterocycles. The molecule has 74 valence electrons. The first-order valence-corrected chi connectivity index (χ1v) is 4.19. The fourth-order valence-electron chi connectivity index (χ4n) is 1.42. The summed E-state index contributed by atoms with van der Waals surface area (Å²) in [6.07, 6.45) is 0.566. The molecule has 1 fully saturated rings. The summed E-state index contributed by atoms with van der Waals surface area (Å²) in [5.41, 5.74) is 0. The van der Waals surface area contributed by atoms with Gasteiger partial charge in [-0.1, -0.05) is 0 Å².